The Hall–Kier alpha value is -4.46. The Morgan fingerprint density at radius 3 is 1.05 bits per heavy atom. The number of carbonyl (C=O) groups is 4. The summed E-state index contributed by atoms with van der Waals surface area (Å²) in [6.45, 7) is 5.88. The molecule has 0 spiro atoms. The Labute approximate surface area is 221 Å². The Kier molecular flexibility index (Phi) is 9.76. The summed E-state index contributed by atoms with van der Waals surface area (Å²) in [5, 5.41) is 0. The summed E-state index contributed by atoms with van der Waals surface area (Å²) in [5.41, 5.74) is 4.61. The molecule has 0 bridgehead atoms. The van der Waals surface area contributed by atoms with Crippen LogP contribution in [-0.4, -0.2) is 49.3 Å². The van der Waals surface area contributed by atoms with Gasteiger partial charge in [-0.3, -0.25) is 9.59 Å². The molecule has 0 saturated heterocycles. The van der Waals surface area contributed by atoms with E-state index in [0.29, 0.717) is 11.1 Å². The van der Waals surface area contributed by atoms with E-state index in [0.717, 1.165) is 22.3 Å². The van der Waals surface area contributed by atoms with E-state index >= 15 is 0 Å². The third kappa shape index (κ3) is 8.30. The van der Waals surface area contributed by atoms with Gasteiger partial charge < -0.3 is 18.9 Å². The van der Waals surface area contributed by atoms with Crippen LogP contribution in [0.15, 0.2) is 72.8 Å². The minimum atomic E-state index is -0.512. The molecule has 2 atom stereocenters. The molecule has 3 aromatic carbocycles. The van der Waals surface area contributed by atoms with Crippen molar-refractivity contribution in [3.05, 3.63) is 83.9 Å². The van der Waals surface area contributed by atoms with Crippen molar-refractivity contribution in [3.63, 3.8) is 0 Å². The fourth-order valence-electron chi connectivity index (χ4n) is 3.64. The highest BCUT2D eigenvalue weighted by atomic mass is 16.6. The highest BCUT2D eigenvalue weighted by Gasteiger charge is 2.13. The van der Waals surface area contributed by atoms with Crippen LogP contribution in [0, 0.1) is 0 Å². The molecule has 3 aromatic rings. The standard InChI is InChI=1S/C30H30O8/c1-19(37-21(3)31)17-35-29(33)27-13-9-25(10-14-27)23-5-7-24(8-6-23)26-11-15-28(16-12-26)30(34)36-18-20(2)38-22(4)32/h5-16,19-20H,17-18H2,1-4H3/t19-,20-/m0/s1. The lowest BCUT2D eigenvalue weighted by molar-refractivity contribution is -0.148. The van der Waals surface area contributed by atoms with Crippen LogP contribution >= 0.6 is 0 Å². The van der Waals surface area contributed by atoms with E-state index in [9.17, 15) is 19.2 Å². The van der Waals surface area contributed by atoms with Crippen LogP contribution in [0.1, 0.15) is 48.4 Å². The Bertz CT molecular complexity index is 1160. The molecule has 38 heavy (non-hydrogen) atoms. The zero-order valence-corrected chi connectivity index (χ0v) is 21.8. The third-order valence-electron chi connectivity index (χ3n) is 5.43. The lowest BCUT2D eigenvalue weighted by Crippen LogP contribution is -2.21. The van der Waals surface area contributed by atoms with Crippen molar-refractivity contribution >= 4 is 23.9 Å². The molecule has 0 heterocycles. The minimum Gasteiger partial charge on any atom is -0.459 e. The Balaban J connectivity index is 1.57. The van der Waals surface area contributed by atoms with E-state index in [1.807, 2.05) is 48.5 Å². The van der Waals surface area contributed by atoms with Gasteiger partial charge in [0, 0.05) is 13.8 Å². The smallest absolute Gasteiger partial charge is 0.338 e. The molecule has 0 aliphatic rings. The van der Waals surface area contributed by atoms with Crippen LogP contribution in [0.3, 0.4) is 0 Å². The molecule has 0 saturated carbocycles. The number of carbonyl (C=O) groups excluding carboxylic acids is 4. The lowest BCUT2D eigenvalue weighted by atomic mass is 9.99. The maximum atomic E-state index is 12.2. The number of hydrogen-bond donors (Lipinski definition) is 0. The van der Waals surface area contributed by atoms with E-state index in [2.05, 4.69) is 0 Å². The molecule has 0 aromatic heterocycles. The fourth-order valence-corrected chi connectivity index (χ4v) is 3.64. The first kappa shape index (κ1) is 28.1. The number of rotatable bonds is 10. The maximum absolute atomic E-state index is 12.2. The van der Waals surface area contributed by atoms with Gasteiger partial charge in [-0.1, -0.05) is 48.5 Å². The predicted octanol–water partition coefficient (Wildman–Crippen LogP) is 5.24. The normalized spacial score (nSPS) is 12.1. The van der Waals surface area contributed by atoms with Gasteiger partial charge in [0.15, 0.2) is 0 Å². The topological polar surface area (TPSA) is 105 Å². The van der Waals surface area contributed by atoms with Crippen LogP contribution in [-0.2, 0) is 28.5 Å². The molecular weight excluding hydrogens is 488 g/mol. The molecule has 0 aliphatic heterocycles. The Morgan fingerprint density at radius 1 is 0.526 bits per heavy atom. The number of benzene rings is 3. The van der Waals surface area contributed by atoms with Crippen molar-refractivity contribution < 1.29 is 38.1 Å². The van der Waals surface area contributed by atoms with Crippen molar-refractivity contribution in [2.24, 2.45) is 0 Å². The molecular formula is C30H30O8. The molecule has 8 nitrogen and oxygen atoms in total. The molecule has 198 valence electrons. The van der Waals surface area contributed by atoms with Crippen LogP contribution in [0.25, 0.3) is 22.3 Å². The minimum absolute atomic E-state index is 0.0148. The molecule has 0 aliphatic carbocycles. The van der Waals surface area contributed by atoms with Gasteiger partial charge >= 0.3 is 23.9 Å². The average Bonchev–Trinajstić information content (AvgIpc) is 2.90. The molecule has 0 radical (unpaired) electrons. The molecule has 0 fully saturated rings. The summed E-state index contributed by atoms with van der Waals surface area (Å²) >= 11 is 0. The van der Waals surface area contributed by atoms with Gasteiger partial charge in [0.25, 0.3) is 0 Å². The molecule has 0 amide bonds. The second-order valence-corrected chi connectivity index (χ2v) is 8.77. The van der Waals surface area contributed by atoms with Crippen molar-refractivity contribution in [1.82, 2.24) is 0 Å². The van der Waals surface area contributed by atoms with Gasteiger partial charge in [0.2, 0.25) is 0 Å². The number of ether oxygens (including phenoxy) is 4. The van der Waals surface area contributed by atoms with Crippen LogP contribution in [0.4, 0.5) is 0 Å². The van der Waals surface area contributed by atoms with Crippen LogP contribution < -0.4 is 0 Å². The van der Waals surface area contributed by atoms with Gasteiger partial charge in [-0.25, -0.2) is 9.59 Å². The average molecular weight is 519 g/mol. The third-order valence-corrected chi connectivity index (χ3v) is 5.43. The van der Waals surface area contributed by atoms with Crippen molar-refractivity contribution in [2.45, 2.75) is 39.9 Å². The van der Waals surface area contributed by atoms with E-state index < -0.39 is 36.1 Å². The monoisotopic (exact) mass is 518 g/mol. The van der Waals surface area contributed by atoms with E-state index in [4.69, 9.17) is 18.9 Å². The van der Waals surface area contributed by atoms with Crippen molar-refractivity contribution in [2.75, 3.05) is 13.2 Å². The lowest BCUT2D eigenvalue weighted by Gasteiger charge is -2.12. The summed E-state index contributed by atoms with van der Waals surface area (Å²) in [6.07, 6.45) is -1.02. The quantitative estimate of drug-likeness (QED) is 0.265. The summed E-state index contributed by atoms with van der Waals surface area (Å²) in [7, 11) is 0. The number of hydrogen-bond acceptors (Lipinski definition) is 8. The van der Waals surface area contributed by atoms with Gasteiger partial charge in [-0.05, 0) is 60.4 Å². The molecule has 0 unspecified atom stereocenters. The van der Waals surface area contributed by atoms with Crippen LogP contribution in [0.2, 0.25) is 0 Å². The second kappa shape index (κ2) is 13.2. The van der Waals surface area contributed by atoms with E-state index in [1.54, 1.807) is 38.1 Å². The first-order valence-electron chi connectivity index (χ1n) is 12.1. The van der Waals surface area contributed by atoms with Crippen molar-refractivity contribution in [1.29, 1.82) is 0 Å². The van der Waals surface area contributed by atoms with E-state index in [-0.39, 0.29) is 13.2 Å². The van der Waals surface area contributed by atoms with Gasteiger partial charge in [-0.2, -0.15) is 0 Å². The maximum Gasteiger partial charge on any atom is 0.338 e. The summed E-state index contributed by atoms with van der Waals surface area (Å²) < 4.78 is 20.3. The van der Waals surface area contributed by atoms with Crippen LogP contribution in [0.5, 0.6) is 0 Å². The molecule has 0 N–H and O–H groups in total. The molecule has 3 rings (SSSR count). The first-order chi connectivity index (χ1) is 18.1. The summed E-state index contributed by atoms with van der Waals surface area (Å²) in [6, 6.07) is 22.0. The molecule has 8 heteroatoms. The number of esters is 4. The zero-order valence-electron chi connectivity index (χ0n) is 21.8. The highest BCUT2D eigenvalue weighted by molar-refractivity contribution is 5.91. The van der Waals surface area contributed by atoms with E-state index in [1.165, 1.54) is 13.8 Å². The highest BCUT2D eigenvalue weighted by Crippen LogP contribution is 2.26. The van der Waals surface area contributed by atoms with Gasteiger partial charge in [0.1, 0.15) is 25.4 Å². The predicted molar refractivity (Wildman–Crippen MR) is 140 cm³/mol. The van der Waals surface area contributed by atoms with Crippen molar-refractivity contribution in [3.8, 4) is 22.3 Å². The first-order valence-corrected chi connectivity index (χ1v) is 12.1. The Morgan fingerprint density at radius 2 is 0.789 bits per heavy atom. The fraction of sp³-hybridized carbons (Fsp3) is 0.267. The zero-order chi connectivity index (χ0) is 27.7. The largest absolute Gasteiger partial charge is 0.459 e. The summed E-state index contributed by atoms with van der Waals surface area (Å²) in [4.78, 5) is 46.4. The van der Waals surface area contributed by atoms with Gasteiger partial charge in [0.05, 0.1) is 11.1 Å². The summed E-state index contributed by atoms with van der Waals surface area (Å²) in [5.74, 6) is -1.83. The SMILES string of the molecule is CC(=O)O[C@@H](C)COC(=O)c1ccc(-c2ccc(-c3ccc(C(=O)OC[C@H](C)OC(C)=O)cc3)cc2)cc1. The second-order valence-electron chi connectivity index (χ2n) is 8.77. The van der Waals surface area contributed by atoms with Gasteiger partial charge in [-0.15, -0.1) is 0 Å².